The molecule has 0 saturated heterocycles. The van der Waals surface area contributed by atoms with Crippen molar-refractivity contribution in [3.63, 3.8) is 0 Å². The average Bonchev–Trinajstić information content (AvgIpc) is 2.28. The van der Waals surface area contributed by atoms with Gasteiger partial charge < -0.3 is 10.5 Å². The highest BCUT2D eigenvalue weighted by molar-refractivity contribution is 9.10. The van der Waals surface area contributed by atoms with Gasteiger partial charge in [0, 0.05) is 17.4 Å². The number of ether oxygens (including phenoxy) is 1. The second kappa shape index (κ2) is 4.53. The molecule has 16 heavy (non-hydrogen) atoms. The van der Waals surface area contributed by atoms with E-state index in [1.165, 1.54) is 0 Å². The molecular formula is C12H11BrN2O. The summed E-state index contributed by atoms with van der Waals surface area (Å²) in [6, 6.07) is 9.28. The fraction of sp³-hybridized carbons (Fsp3) is 0.0833. The van der Waals surface area contributed by atoms with Gasteiger partial charge in [-0.15, -0.1) is 0 Å². The molecule has 3 nitrogen and oxygen atoms in total. The first kappa shape index (κ1) is 11.0. The molecule has 0 aliphatic rings. The molecule has 0 radical (unpaired) electrons. The Labute approximate surface area is 102 Å². The third kappa shape index (κ3) is 2.17. The van der Waals surface area contributed by atoms with E-state index in [4.69, 9.17) is 10.5 Å². The molecule has 2 rings (SSSR count). The molecule has 1 heterocycles. The number of nitrogens with zero attached hydrogens (tertiary/aromatic N) is 1. The van der Waals surface area contributed by atoms with Gasteiger partial charge in [-0.2, -0.15) is 0 Å². The number of rotatable bonds is 2. The zero-order valence-electron chi connectivity index (χ0n) is 8.77. The third-order valence-electron chi connectivity index (χ3n) is 2.26. The van der Waals surface area contributed by atoms with E-state index in [1.54, 1.807) is 6.20 Å². The van der Waals surface area contributed by atoms with E-state index < -0.39 is 0 Å². The Balaban J connectivity index is 2.35. The molecule has 0 saturated carbocycles. The van der Waals surface area contributed by atoms with Gasteiger partial charge in [-0.3, -0.25) is 0 Å². The van der Waals surface area contributed by atoms with Gasteiger partial charge in [-0.25, -0.2) is 4.98 Å². The van der Waals surface area contributed by atoms with E-state index in [1.807, 2.05) is 37.3 Å². The van der Waals surface area contributed by atoms with Crippen molar-refractivity contribution < 1.29 is 4.74 Å². The highest BCUT2D eigenvalue weighted by Crippen LogP contribution is 2.30. The predicted molar refractivity (Wildman–Crippen MR) is 67.6 cm³/mol. The Morgan fingerprint density at radius 1 is 1.25 bits per heavy atom. The molecule has 1 aromatic heterocycles. The molecule has 0 atom stereocenters. The number of hydrogen-bond acceptors (Lipinski definition) is 3. The number of nitrogens with two attached hydrogens (primary N) is 1. The summed E-state index contributed by atoms with van der Waals surface area (Å²) in [5.41, 5.74) is 7.43. The zero-order chi connectivity index (χ0) is 11.5. The van der Waals surface area contributed by atoms with Crippen LogP contribution in [0.1, 0.15) is 5.56 Å². The van der Waals surface area contributed by atoms with Crippen LogP contribution in [-0.4, -0.2) is 4.98 Å². The lowest BCUT2D eigenvalue weighted by Crippen LogP contribution is -1.94. The fourth-order valence-corrected chi connectivity index (χ4v) is 1.63. The van der Waals surface area contributed by atoms with Crippen LogP contribution in [0.5, 0.6) is 11.6 Å². The topological polar surface area (TPSA) is 48.1 Å². The Morgan fingerprint density at radius 3 is 2.81 bits per heavy atom. The van der Waals surface area contributed by atoms with Crippen LogP contribution in [0.15, 0.2) is 41.0 Å². The maximum Gasteiger partial charge on any atom is 0.233 e. The van der Waals surface area contributed by atoms with Crippen LogP contribution in [-0.2, 0) is 0 Å². The summed E-state index contributed by atoms with van der Waals surface area (Å²) in [6.07, 6.45) is 1.68. The van der Waals surface area contributed by atoms with Crippen LogP contribution < -0.4 is 10.5 Å². The Bertz CT molecular complexity index is 514. The number of aromatic nitrogens is 1. The number of halogens is 1. The Hall–Kier alpha value is -1.55. The van der Waals surface area contributed by atoms with Crippen molar-refractivity contribution in [2.45, 2.75) is 6.92 Å². The summed E-state index contributed by atoms with van der Waals surface area (Å²) < 4.78 is 6.50. The van der Waals surface area contributed by atoms with Gasteiger partial charge in [0.25, 0.3) is 0 Å². The third-order valence-corrected chi connectivity index (χ3v) is 2.86. The van der Waals surface area contributed by atoms with E-state index in [0.717, 1.165) is 15.8 Å². The predicted octanol–water partition coefficient (Wildman–Crippen LogP) is 3.53. The minimum absolute atomic E-state index is 0.538. The number of anilines is 1. The van der Waals surface area contributed by atoms with Crippen LogP contribution >= 0.6 is 15.9 Å². The van der Waals surface area contributed by atoms with Gasteiger partial charge in [0.1, 0.15) is 5.75 Å². The van der Waals surface area contributed by atoms with E-state index in [2.05, 4.69) is 20.9 Å². The summed E-state index contributed by atoms with van der Waals surface area (Å²) in [6.45, 7) is 1.92. The first-order valence-corrected chi connectivity index (χ1v) is 5.61. The lowest BCUT2D eigenvalue weighted by molar-refractivity contribution is 0.456. The average molecular weight is 279 g/mol. The summed E-state index contributed by atoms with van der Waals surface area (Å²) >= 11 is 3.38. The minimum atomic E-state index is 0.538. The SMILES string of the molecule is Cc1c(N)cccc1Oc1ncccc1Br. The molecule has 0 aliphatic heterocycles. The summed E-state index contributed by atoms with van der Waals surface area (Å²) in [7, 11) is 0. The molecule has 0 unspecified atom stereocenters. The molecule has 82 valence electrons. The molecule has 0 spiro atoms. The standard InChI is InChI=1S/C12H11BrN2O/c1-8-10(14)5-2-6-11(8)16-12-9(13)4-3-7-15-12/h2-7H,14H2,1H3. The molecule has 2 N–H and O–H groups in total. The maximum absolute atomic E-state index is 5.80. The second-order valence-electron chi connectivity index (χ2n) is 3.36. The molecule has 0 fully saturated rings. The van der Waals surface area contributed by atoms with Crippen molar-refractivity contribution in [2.75, 3.05) is 5.73 Å². The number of pyridine rings is 1. The van der Waals surface area contributed by atoms with Gasteiger partial charge in [0.15, 0.2) is 0 Å². The monoisotopic (exact) mass is 278 g/mol. The van der Waals surface area contributed by atoms with E-state index >= 15 is 0 Å². The molecular weight excluding hydrogens is 268 g/mol. The van der Waals surface area contributed by atoms with Gasteiger partial charge in [-0.1, -0.05) is 6.07 Å². The van der Waals surface area contributed by atoms with Crippen molar-refractivity contribution in [1.82, 2.24) is 4.98 Å². The Kier molecular flexibility index (Phi) is 3.10. The fourth-order valence-electron chi connectivity index (χ4n) is 1.29. The van der Waals surface area contributed by atoms with Crippen LogP contribution in [0, 0.1) is 6.92 Å². The van der Waals surface area contributed by atoms with Crippen molar-refractivity contribution in [3.05, 3.63) is 46.6 Å². The van der Waals surface area contributed by atoms with E-state index in [9.17, 15) is 0 Å². The number of nitrogen functional groups attached to an aromatic ring is 1. The number of hydrogen-bond donors (Lipinski definition) is 1. The quantitative estimate of drug-likeness (QED) is 0.855. The number of benzene rings is 1. The molecule has 0 bridgehead atoms. The Morgan fingerprint density at radius 2 is 2.06 bits per heavy atom. The second-order valence-corrected chi connectivity index (χ2v) is 4.22. The van der Waals surface area contributed by atoms with Crippen LogP contribution in [0.2, 0.25) is 0 Å². The summed E-state index contributed by atoms with van der Waals surface area (Å²) in [5.74, 6) is 1.26. The van der Waals surface area contributed by atoms with E-state index in [-0.39, 0.29) is 0 Å². The van der Waals surface area contributed by atoms with Crippen LogP contribution in [0.3, 0.4) is 0 Å². The molecule has 2 aromatic rings. The largest absolute Gasteiger partial charge is 0.438 e. The van der Waals surface area contributed by atoms with Crippen molar-refractivity contribution in [2.24, 2.45) is 0 Å². The zero-order valence-corrected chi connectivity index (χ0v) is 10.4. The van der Waals surface area contributed by atoms with Crippen molar-refractivity contribution >= 4 is 21.6 Å². The lowest BCUT2D eigenvalue weighted by Gasteiger charge is -2.10. The normalized spacial score (nSPS) is 10.1. The first-order chi connectivity index (χ1) is 7.68. The van der Waals surface area contributed by atoms with Crippen LogP contribution in [0.25, 0.3) is 0 Å². The molecule has 1 aromatic carbocycles. The lowest BCUT2D eigenvalue weighted by atomic mass is 10.2. The van der Waals surface area contributed by atoms with Gasteiger partial charge >= 0.3 is 0 Å². The summed E-state index contributed by atoms with van der Waals surface area (Å²) in [5, 5.41) is 0. The molecule has 4 heteroatoms. The van der Waals surface area contributed by atoms with Gasteiger partial charge in [0.05, 0.1) is 4.47 Å². The van der Waals surface area contributed by atoms with Gasteiger partial charge in [-0.05, 0) is 47.1 Å². The minimum Gasteiger partial charge on any atom is -0.438 e. The van der Waals surface area contributed by atoms with Crippen molar-refractivity contribution in [1.29, 1.82) is 0 Å². The molecule has 0 aliphatic carbocycles. The summed E-state index contributed by atoms with van der Waals surface area (Å²) in [4.78, 5) is 4.13. The maximum atomic E-state index is 5.80. The van der Waals surface area contributed by atoms with Crippen LogP contribution in [0.4, 0.5) is 5.69 Å². The molecule has 0 amide bonds. The smallest absolute Gasteiger partial charge is 0.233 e. The van der Waals surface area contributed by atoms with E-state index in [0.29, 0.717) is 11.6 Å². The van der Waals surface area contributed by atoms with Crippen molar-refractivity contribution in [3.8, 4) is 11.6 Å². The highest BCUT2D eigenvalue weighted by Gasteiger charge is 2.06. The highest BCUT2D eigenvalue weighted by atomic mass is 79.9. The van der Waals surface area contributed by atoms with Gasteiger partial charge in [0.2, 0.25) is 5.88 Å². The first-order valence-electron chi connectivity index (χ1n) is 4.82.